The summed E-state index contributed by atoms with van der Waals surface area (Å²) in [6.07, 6.45) is 0.982. The van der Waals surface area contributed by atoms with Crippen molar-refractivity contribution in [3.05, 3.63) is 71.3 Å². The molecule has 25 heavy (non-hydrogen) atoms. The monoisotopic (exact) mass is 338 g/mol. The number of nitrogens with one attached hydrogen (secondary N) is 1. The number of carbonyl (C=O) groups is 1. The van der Waals surface area contributed by atoms with Crippen LogP contribution in [-0.2, 0) is 11.3 Å². The fourth-order valence-corrected chi connectivity index (χ4v) is 3.49. The van der Waals surface area contributed by atoms with Crippen molar-refractivity contribution in [2.24, 2.45) is 0 Å². The molecule has 0 aliphatic carbocycles. The van der Waals surface area contributed by atoms with Crippen LogP contribution in [0, 0.1) is 0 Å². The number of rotatable bonds is 6. The SMILES string of the molecule is COCc1ccccc1C(=O)N[C@@H]1CCN([C@@H](C)c2ccccc2)C1. The predicted molar refractivity (Wildman–Crippen MR) is 99.5 cm³/mol. The number of hydrogen-bond acceptors (Lipinski definition) is 3. The summed E-state index contributed by atoms with van der Waals surface area (Å²) in [5, 5.41) is 3.19. The van der Waals surface area contributed by atoms with Crippen molar-refractivity contribution in [2.45, 2.75) is 32.0 Å². The molecule has 132 valence electrons. The second-order valence-electron chi connectivity index (χ2n) is 6.63. The quantitative estimate of drug-likeness (QED) is 0.878. The normalized spacial score (nSPS) is 18.9. The maximum Gasteiger partial charge on any atom is 0.251 e. The van der Waals surface area contributed by atoms with Crippen LogP contribution in [0.2, 0.25) is 0 Å². The van der Waals surface area contributed by atoms with Crippen molar-refractivity contribution in [3.63, 3.8) is 0 Å². The summed E-state index contributed by atoms with van der Waals surface area (Å²) < 4.78 is 5.20. The van der Waals surface area contributed by atoms with Crippen LogP contribution in [0.25, 0.3) is 0 Å². The first-order valence-electron chi connectivity index (χ1n) is 8.85. The minimum absolute atomic E-state index is 0.00753. The number of nitrogens with zero attached hydrogens (tertiary/aromatic N) is 1. The molecule has 1 aliphatic heterocycles. The lowest BCUT2D eigenvalue weighted by Gasteiger charge is -2.25. The molecule has 4 heteroatoms. The molecule has 0 saturated carbocycles. The Labute approximate surface area is 149 Å². The van der Waals surface area contributed by atoms with Gasteiger partial charge in [-0.05, 0) is 30.5 Å². The van der Waals surface area contributed by atoms with Crippen molar-refractivity contribution < 1.29 is 9.53 Å². The van der Waals surface area contributed by atoms with Crippen LogP contribution in [0.3, 0.4) is 0 Å². The summed E-state index contributed by atoms with van der Waals surface area (Å²) in [5.41, 5.74) is 2.95. The zero-order chi connectivity index (χ0) is 17.6. The highest BCUT2D eigenvalue weighted by Gasteiger charge is 2.28. The van der Waals surface area contributed by atoms with Gasteiger partial charge in [-0.25, -0.2) is 0 Å². The van der Waals surface area contributed by atoms with E-state index in [2.05, 4.69) is 41.4 Å². The van der Waals surface area contributed by atoms with Gasteiger partial charge in [0.2, 0.25) is 0 Å². The summed E-state index contributed by atoms with van der Waals surface area (Å²) in [4.78, 5) is 15.1. The van der Waals surface area contributed by atoms with Gasteiger partial charge in [-0.15, -0.1) is 0 Å². The third-order valence-corrected chi connectivity index (χ3v) is 4.95. The summed E-state index contributed by atoms with van der Waals surface area (Å²) in [6, 6.07) is 18.7. The first-order valence-corrected chi connectivity index (χ1v) is 8.85. The summed E-state index contributed by atoms with van der Waals surface area (Å²) >= 11 is 0. The van der Waals surface area contributed by atoms with Gasteiger partial charge in [-0.2, -0.15) is 0 Å². The number of likely N-dealkylation sites (tertiary alicyclic amines) is 1. The van der Waals surface area contributed by atoms with Crippen LogP contribution < -0.4 is 5.32 Å². The maximum absolute atomic E-state index is 12.7. The molecule has 1 heterocycles. The number of hydrogen-bond donors (Lipinski definition) is 1. The van der Waals surface area contributed by atoms with Crippen molar-refractivity contribution in [1.29, 1.82) is 0 Å². The molecule has 4 nitrogen and oxygen atoms in total. The fraction of sp³-hybridized carbons (Fsp3) is 0.381. The van der Waals surface area contributed by atoms with Gasteiger partial charge in [0.1, 0.15) is 0 Å². The molecule has 0 radical (unpaired) electrons. The van der Waals surface area contributed by atoms with E-state index in [0.29, 0.717) is 18.2 Å². The Hall–Kier alpha value is -2.17. The number of benzene rings is 2. The van der Waals surface area contributed by atoms with Crippen molar-refractivity contribution in [1.82, 2.24) is 10.2 Å². The second kappa shape index (κ2) is 8.28. The first kappa shape index (κ1) is 17.6. The van der Waals surface area contributed by atoms with E-state index in [9.17, 15) is 4.79 Å². The molecule has 0 aromatic heterocycles. The highest BCUT2D eigenvalue weighted by atomic mass is 16.5. The van der Waals surface area contributed by atoms with Crippen LogP contribution in [0.15, 0.2) is 54.6 Å². The Bertz CT molecular complexity index is 702. The van der Waals surface area contributed by atoms with Gasteiger partial charge in [-0.3, -0.25) is 9.69 Å². The van der Waals surface area contributed by atoms with E-state index in [1.165, 1.54) is 5.56 Å². The van der Waals surface area contributed by atoms with E-state index in [4.69, 9.17) is 4.74 Å². The average Bonchev–Trinajstić information content (AvgIpc) is 3.11. The van der Waals surface area contributed by atoms with E-state index in [1.807, 2.05) is 30.3 Å². The van der Waals surface area contributed by atoms with E-state index in [0.717, 1.165) is 25.1 Å². The Morgan fingerprint density at radius 1 is 1.20 bits per heavy atom. The van der Waals surface area contributed by atoms with Gasteiger partial charge >= 0.3 is 0 Å². The molecule has 0 spiro atoms. The minimum atomic E-state index is -0.00753. The standard InChI is InChI=1S/C21H26N2O2/c1-16(17-8-4-3-5-9-17)23-13-12-19(14-23)22-21(24)20-11-7-6-10-18(20)15-25-2/h3-11,16,19H,12-15H2,1-2H3,(H,22,24)/t16-,19+/m0/s1. The lowest BCUT2D eigenvalue weighted by atomic mass is 10.1. The van der Waals surface area contributed by atoms with Crippen LogP contribution >= 0.6 is 0 Å². The molecule has 1 N–H and O–H groups in total. The Balaban J connectivity index is 1.61. The molecule has 3 rings (SSSR count). The molecule has 2 aromatic carbocycles. The lowest BCUT2D eigenvalue weighted by molar-refractivity contribution is 0.0931. The molecule has 1 saturated heterocycles. The van der Waals surface area contributed by atoms with Gasteiger partial charge in [0.15, 0.2) is 0 Å². The van der Waals surface area contributed by atoms with Crippen LogP contribution in [0.1, 0.15) is 40.9 Å². The summed E-state index contributed by atoms with van der Waals surface area (Å²) in [6.45, 7) is 4.56. The van der Waals surface area contributed by atoms with Crippen LogP contribution in [-0.4, -0.2) is 37.0 Å². The average molecular weight is 338 g/mol. The van der Waals surface area contributed by atoms with Gasteiger partial charge in [0, 0.05) is 37.8 Å². The molecule has 2 aromatic rings. The molecule has 0 bridgehead atoms. The highest BCUT2D eigenvalue weighted by molar-refractivity contribution is 5.95. The van der Waals surface area contributed by atoms with E-state index in [1.54, 1.807) is 7.11 Å². The highest BCUT2D eigenvalue weighted by Crippen LogP contribution is 2.24. The largest absolute Gasteiger partial charge is 0.380 e. The van der Waals surface area contributed by atoms with Crippen molar-refractivity contribution in [2.75, 3.05) is 20.2 Å². The molecule has 2 atom stereocenters. The lowest BCUT2D eigenvalue weighted by Crippen LogP contribution is -2.38. The van der Waals surface area contributed by atoms with E-state index in [-0.39, 0.29) is 11.9 Å². The zero-order valence-electron chi connectivity index (χ0n) is 14.9. The molecular weight excluding hydrogens is 312 g/mol. The Morgan fingerprint density at radius 3 is 2.68 bits per heavy atom. The molecular formula is C21H26N2O2. The third-order valence-electron chi connectivity index (χ3n) is 4.95. The maximum atomic E-state index is 12.7. The van der Waals surface area contributed by atoms with Crippen molar-refractivity contribution in [3.8, 4) is 0 Å². The smallest absolute Gasteiger partial charge is 0.251 e. The zero-order valence-corrected chi connectivity index (χ0v) is 14.9. The van der Waals surface area contributed by atoms with Gasteiger partial charge in [-0.1, -0.05) is 48.5 Å². The number of ether oxygens (including phenoxy) is 1. The minimum Gasteiger partial charge on any atom is -0.380 e. The summed E-state index contributed by atoms with van der Waals surface area (Å²) in [5.74, 6) is -0.00753. The Morgan fingerprint density at radius 2 is 1.92 bits per heavy atom. The first-order chi connectivity index (χ1) is 12.2. The van der Waals surface area contributed by atoms with Gasteiger partial charge in [0.05, 0.1) is 6.61 Å². The molecule has 1 amide bonds. The Kier molecular flexibility index (Phi) is 5.84. The summed E-state index contributed by atoms with van der Waals surface area (Å²) in [7, 11) is 1.65. The van der Waals surface area contributed by atoms with Gasteiger partial charge in [0.25, 0.3) is 5.91 Å². The van der Waals surface area contributed by atoms with Gasteiger partial charge < -0.3 is 10.1 Å². The third kappa shape index (κ3) is 4.27. The van der Waals surface area contributed by atoms with E-state index >= 15 is 0 Å². The second-order valence-corrected chi connectivity index (χ2v) is 6.63. The fourth-order valence-electron chi connectivity index (χ4n) is 3.49. The topological polar surface area (TPSA) is 41.6 Å². The van der Waals surface area contributed by atoms with Crippen molar-refractivity contribution >= 4 is 5.91 Å². The number of carbonyl (C=O) groups excluding carboxylic acids is 1. The predicted octanol–water partition coefficient (Wildman–Crippen LogP) is 3.40. The number of methoxy groups -OCH3 is 1. The van der Waals surface area contributed by atoms with E-state index < -0.39 is 0 Å². The number of amides is 1. The molecule has 1 fully saturated rings. The van der Waals surface area contributed by atoms with Crippen LogP contribution in [0.5, 0.6) is 0 Å². The molecule has 0 unspecified atom stereocenters. The van der Waals surface area contributed by atoms with Crippen LogP contribution in [0.4, 0.5) is 0 Å². The molecule has 1 aliphatic rings.